The van der Waals surface area contributed by atoms with Crippen molar-refractivity contribution in [1.82, 2.24) is 0 Å². The van der Waals surface area contributed by atoms with Gasteiger partial charge in [0.25, 0.3) is 0 Å². The molecule has 0 aromatic heterocycles. The Morgan fingerprint density at radius 1 is 1.09 bits per heavy atom. The highest BCUT2D eigenvalue weighted by Gasteiger charge is 1.90. The van der Waals surface area contributed by atoms with E-state index < -0.39 is 0 Å². The van der Waals surface area contributed by atoms with Gasteiger partial charge in [0, 0.05) is 11.7 Å². The van der Waals surface area contributed by atoms with Gasteiger partial charge in [0.2, 0.25) is 0 Å². The summed E-state index contributed by atoms with van der Waals surface area (Å²) in [5.74, 6) is 0. The highest BCUT2D eigenvalue weighted by Crippen LogP contribution is 2.05. The van der Waals surface area contributed by atoms with E-state index in [1.165, 1.54) is 5.69 Å². The molecule has 0 spiro atoms. The minimum absolute atomic E-state index is 0. The first kappa shape index (κ1) is 10.2. The van der Waals surface area contributed by atoms with Crippen LogP contribution in [0.3, 0.4) is 0 Å². The molecule has 0 amide bonds. The number of rotatable bonds is 2. The van der Waals surface area contributed by atoms with Gasteiger partial charge >= 0.3 is 0 Å². The fourth-order valence-corrected chi connectivity index (χ4v) is 0.868. The molecule has 1 aromatic carbocycles. The first-order valence-corrected chi connectivity index (χ1v) is 3.60. The Labute approximate surface area is 72.8 Å². The van der Waals surface area contributed by atoms with Crippen molar-refractivity contribution in [3.63, 3.8) is 0 Å². The van der Waals surface area contributed by atoms with Crippen LogP contribution < -0.4 is 5.32 Å². The molecule has 1 nitrogen and oxygen atoms in total. The van der Waals surface area contributed by atoms with Crippen LogP contribution in [0.25, 0.3) is 0 Å². The minimum atomic E-state index is 0. The molecule has 0 saturated carbocycles. The Balaban J connectivity index is 0.000001000. The van der Waals surface area contributed by atoms with Gasteiger partial charge in [0.05, 0.1) is 0 Å². The zero-order chi connectivity index (χ0) is 7.40. The second-order valence-electron chi connectivity index (χ2n) is 2.67. The number of hydrogen-bond donors (Lipinski definition) is 1. The van der Waals surface area contributed by atoms with E-state index in [1.54, 1.807) is 0 Å². The zero-order valence-corrected chi connectivity index (χ0v) is 6.46. The molecule has 0 saturated heterocycles. The molecule has 1 aromatic rings. The van der Waals surface area contributed by atoms with E-state index >= 15 is 0 Å². The smallest absolute Gasteiger partial charge is 0.0342 e. The largest absolute Gasteiger partial charge is 0.383 e. The lowest BCUT2D eigenvalue weighted by atomic mass is 10.3. The predicted molar refractivity (Wildman–Crippen MR) is 56.5 cm³/mol. The molecule has 0 fully saturated rings. The average Bonchev–Trinajstić information content (AvgIpc) is 1.88. The lowest BCUT2D eigenvalue weighted by Gasteiger charge is -2.08. The van der Waals surface area contributed by atoms with Gasteiger partial charge in [-0.2, -0.15) is 0 Å². The van der Waals surface area contributed by atoms with Crippen LogP contribution in [-0.2, 0) is 0 Å². The van der Waals surface area contributed by atoms with E-state index in [4.69, 9.17) is 0 Å². The lowest BCUT2D eigenvalue weighted by molar-refractivity contribution is 0.900. The van der Waals surface area contributed by atoms with Crippen molar-refractivity contribution in [2.75, 3.05) is 5.32 Å². The third-order valence-corrected chi connectivity index (χ3v) is 1.23. The van der Waals surface area contributed by atoms with Gasteiger partial charge in [-0.05, 0) is 36.9 Å². The molecule has 62 valence electrons. The van der Waals surface area contributed by atoms with E-state index in [0.717, 1.165) is 0 Å². The maximum absolute atomic E-state index is 3.30. The van der Waals surface area contributed by atoms with Crippen LogP contribution in [0.4, 0.5) is 5.69 Å². The van der Waals surface area contributed by atoms with Crippen molar-refractivity contribution in [2.45, 2.75) is 19.9 Å². The summed E-state index contributed by atoms with van der Waals surface area (Å²) in [5.41, 5.74) is 1.19. The summed E-state index contributed by atoms with van der Waals surface area (Å²) >= 11 is 0. The molecule has 0 bridgehead atoms. The minimum Gasteiger partial charge on any atom is -0.383 e. The second kappa shape index (κ2) is 4.96. The fourth-order valence-electron chi connectivity index (χ4n) is 0.868. The third kappa shape index (κ3) is 3.83. The predicted octanol–water partition coefficient (Wildman–Crippen LogP) is 1.06. The molecule has 1 N–H and O–H groups in total. The monoisotopic (exact) mass is 167 g/mol. The van der Waals surface area contributed by atoms with Crippen LogP contribution in [0, 0.1) is 0 Å². The van der Waals surface area contributed by atoms with E-state index in [0.29, 0.717) is 6.04 Å². The van der Waals surface area contributed by atoms with Crippen LogP contribution in [0.15, 0.2) is 30.3 Å². The van der Waals surface area contributed by atoms with Crippen LogP contribution in [0.2, 0.25) is 0 Å². The third-order valence-electron chi connectivity index (χ3n) is 1.23. The summed E-state index contributed by atoms with van der Waals surface area (Å²) in [6.07, 6.45) is 0. The Kier molecular flexibility index (Phi) is 4.62. The van der Waals surface area contributed by atoms with Crippen LogP contribution in [0.1, 0.15) is 13.8 Å². The topological polar surface area (TPSA) is 12.0 Å². The molecule has 1 rings (SSSR count). The van der Waals surface area contributed by atoms with E-state index in [9.17, 15) is 0 Å². The van der Waals surface area contributed by atoms with Gasteiger partial charge in [0.15, 0.2) is 0 Å². The summed E-state index contributed by atoms with van der Waals surface area (Å²) < 4.78 is 0. The molecular formula is C9H17NSi. The standard InChI is InChI=1S/C9H13N.H4Si/c1-8(2)10-9-6-4-3-5-7-9;/h3-8,10H,1-2H3;1H4. The maximum Gasteiger partial charge on any atom is 0.0342 e. The van der Waals surface area contributed by atoms with Crippen molar-refractivity contribution < 1.29 is 0 Å². The Bertz CT molecular complexity index is 184. The van der Waals surface area contributed by atoms with Crippen molar-refractivity contribution >= 4 is 16.7 Å². The molecule has 0 heterocycles. The summed E-state index contributed by atoms with van der Waals surface area (Å²) in [5, 5.41) is 3.30. The molecule has 0 aliphatic heterocycles. The number of nitrogens with one attached hydrogen (secondary N) is 1. The Morgan fingerprint density at radius 2 is 1.64 bits per heavy atom. The molecule has 11 heavy (non-hydrogen) atoms. The van der Waals surface area contributed by atoms with Crippen molar-refractivity contribution in [2.24, 2.45) is 0 Å². The maximum atomic E-state index is 3.30. The van der Waals surface area contributed by atoms with Crippen molar-refractivity contribution in [3.8, 4) is 0 Å². The van der Waals surface area contributed by atoms with Gasteiger partial charge in [0.1, 0.15) is 0 Å². The van der Waals surface area contributed by atoms with Crippen LogP contribution in [-0.4, -0.2) is 17.0 Å². The average molecular weight is 167 g/mol. The number of anilines is 1. The van der Waals surface area contributed by atoms with Gasteiger partial charge < -0.3 is 5.32 Å². The fraction of sp³-hybridized carbons (Fsp3) is 0.333. The molecule has 0 aliphatic rings. The normalized spacial score (nSPS) is 9.00. The molecule has 0 aliphatic carbocycles. The molecule has 0 unspecified atom stereocenters. The number of hydrogen-bond acceptors (Lipinski definition) is 1. The highest BCUT2D eigenvalue weighted by molar-refractivity contribution is 5.75. The quantitative estimate of drug-likeness (QED) is 0.649. The molecule has 0 radical (unpaired) electrons. The lowest BCUT2D eigenvalue weighted by Crippen LogP contribution is -2.08. The molecule has 2 heteroatoms. The first-order chi connectivity index (χ1) is 4.79. The molecule has 0 atom stereocenters. The molecular weight excluding hydrogens is 150 g/mol. The Morgan fingerprint density at radius 3 is 2.09 bits per heavy atom. The summed E-state index contributed by atoms with van der Waals surface area (Å²) in [4.78, 5) is 0. The van der Waals surface area contributed by atoms with Crippen LogP contribution >= 0.6 is 0 Å². The van der Waals surface area contributed by atoms with E-state index in [-0.39, 0.29) is 11.0 Å². The van der Waals surface area contributed by atoms with E-state index in [1.807, 2.05) is 18.2 Å². The number of para-hydroxylation sites is 1. The van der Waals surface area contributed by atoms with Gasteiger partial charge in [-0.15, -0.1) is 0 Å². The number of benzene rings is 1. The summed E-state index contributed by atoms with van der Waals surface area (Å²) in [6, 6.07) is 10.7. The van der Waals surface area contributed by atoms with Crippen molar-refractivity contribution in [3.05, 3.63) is 30.3 Å². The first-order valence-electron chi connectivity index (χ1n) is 3.60. The van der Waals surface area contributed by atoms with Crippen molar-refractivity contribution in [1.29, 1.82) is 0 Å². The zero-order valence-electron chi connectivity index (χ0n) is 6.46. The van der Waals surface area contributed by atoms with Crippen LogP contribution in [0.5, 0.6) is 0 Å². The SMILES string of the molecule is CC(C)Nc1ccccc1.[SiH4]. The summed E-state index contributed by atoms with van der Waals surface area (Å²) in [6.45, 7) is 4.26. The summed E-state index contributed by atoms with van der Waals surface area (Å²) in [7, 11) is 0. The van der Waals surface area contributed by atoms with E-state index in [2.05, 4.69) is 31.3 Å². The Hall–Kier alpha value is -0.763. The van der Waals surface area contributed by atoms with Gasteiger partial charge in [-0.25, -0.2) is 0 Å². The highest BCUT2D eigenvalue weighted by atomic mass is 28.1. The van der Waals surface area contributed by atoms with Gasteiger partial charge in [-0.3, -0.25) is 0 Å². The second-order valence-corrected chi connectivity index (χ2v) is 2.67. The van der Waals surface area contributed by atoms with Gasteiger partial charge in [-0.1, -0.05) is 18.2 Å².